The molecule has 0 spiro atoms. The Bertz CT molecular complexity index is 684. The molecule has 1 aromatic carbocycles. The van der Waals surface area contributed by atoms with E-state index in [9.17, 15) is 18.5 Å². The van der Waals surface area contributed by atoms with Crippen molar-refractivity contribution in [1.29, 1.82) is 0 Å². The van der Waals surface area contributed by atoms with Crippen LogP contribution in [-0.4, -0.2) is 26.3 Å². The lowest BCUT2D eigenvalue weighted by Gasteiger charge is -2.28. The fourth-order valence-corrected chi connectivity index (χ4v) is 3.88. The van der Waals surface area contributed by atoms with Crippen molar-refractivity contribution >= 4 is 39.3 Å². The second-order valence-corrected chi connectivity index (χ2v) is 7.26. The van der Waals surface area contributed by atoms with Crippen LogP contribution in [0.1, 0.15) is 12.8 Å². The number of hydrogen-bond donors (Lipinski definition) is 3. The van der Waals surface area contributed by atoms with Crippen LogP contribution >= 0.6 is 23.5 Å². The number of sulfonamides is 1. The number of fused-ring (bicyclic) bond motifs is 1. The topological polar surface area (TPSA) is 137 Å². The molecule has 12 heteroatoms. The fourth-order valence-electron chi connectivity index (χ4n) is 1.86. The molecule has 0 radical (unpaired) electrons. The van der Waals surface area contributed by atoms with Crippen molar-refractivity contribution in [2.24, 2.45) is 5.14 Å². The van der Waals surface area contributed by atoms with E-state index in [1.54, 1.807) is 0 Å². The van der Waals surface area contributed by atoms with E-state index in [2.05, 4.69) is 14.9 Å². The van der Waals surface area contributed by atoms with Crippen LogP contribution in [0.25, 0.3) is 0 Å². The van der Waals surface area contributed by atoms with Gasteiger partial charge in [0.1, 0.15) is 4.90 Å². The van der Waals surface area contributed by atoms with Gasteiger partial charge in [0.2, 0.25) is 10.0 Å². The lowest BCUT2D eigenvalue weighted by molar-refractivity contribution is -0.757. The highest BCUT2D eigenvalue weighted by Crippen LogP contribution is 2.36. The van der Waals surface area contributed by atoms with E-state index >= 15 is 0 Å². The molecule has 22 heavy (non-hydrogen) atoms. The molecule has 0 bridgehead atoms. The molecule has 0 amide bonds. The average Bonchev–Trinajstić information content (AvgIpc) is 2.41. The number of nitrogens with zero attached hydrogens (tertiary/aromatic N) is 1. The summed E-state index contributed by atoms with van der Waals surface area (Å²) in [6.45, 7) is 0.00942. The Morgan fingerprint density at radius 3 is 2.86 bits per heavy atom. The fraction of sp³-hybridized carbons (Fsp3) is 0.400. The molecule has 1 aliphatic heterocycles. The molecule has 1 aliphatic rings. The number of halogens is 1. The normalized spacial score (nSPS) is 17.5. The third kappa shape index (κ3) is 4.36. The Balaban J connectivity index is 2.02. The number of rotatable bonds is 6. The van der Waals surface area contributed by atoms with Crippen LogP contribution in [-0.2, 0) is 14.9 Å². The highest BCUT2D eigenvalue weighted by atomic mass is 35.5. The van der Waals surface area contributed by atoms with Crippen LogP contribution in [0.5, 0.6) is 0 Å². The molecule has 122 valence electrons. The SMILES string of the molecule is NS(=O)(=O)c1cc2c(cc1Cl)NC(CCCO[N+](=O)[O-])NS2. The lowest BCUT2D eigenvalue weighted by atomic mass is 10.2. The highest BCUT2D eigenvalue weighted by Gasteiger charge is 2.22. The molecule has 0 aliphatic carbocycles. The van der Waals surface area contributed by atoms with Crippen molar-refractivity contribution in [3.05, 3.63) is 27.3 Å². The summed E-state index contributed by atoms with van der Waals surface area (Å²) >= 11 is 7.17. The summed E-state index contributed by atoms with van der Waals surface area (Å²) in [7, 11) is -3.89. The van der Waals surface area contributed by atoms with E-state index in [1.165, 1.54) is 24.1 Å². The zero-order valence-corrected chi connectivity index (χ0v) is 13.5. The molecule has 4 N–H and O–H groups in total. The van der Waals surface area contributed by atoms with Gasteiger partial charge in [0, 0.05) is 4.90 Å². The van der Waals surface area contributed by atoms with Gasteiger partial charge in [0.15, 0.2) is 0 Å². The van der Waals surface area contributed by atoms with Crippen LogP contribution in [0.15, 0.2) is 21.9 Å². The minimum absolute atomic E-state index is 0.00942. The summed E-state index contributed by atoms with van der Waals surface area (Å²) in [5, 5.41) is 17.5. The zero-order chi connectivity index (χ0) is 16.3. The van der Waals surface area contributed by atoms with E-state index in [-0.39, 0.29) is 22.7 Å². The minimum atomic E-state index is -3.89. The summed E-state index contributed by atoms with van der Waals surface area (Å²) in [5.41, 5.74) is 0.668. The summed E-state index contributed by atoms with van der Waals surface area (Å²) in [6, 6.07) is 2.88. The number of nitrogens with one attached hydrogen (secondary N) is 2. The first-order chi connectivity index (χ1) is 10.3. The maximum atomic E-state index is 11.4. The van der Waals surface area contributed by atoms with Crippen LogP contribution in [0.2, 0.25) is 5.02 Å². The van der Waals surface area contributed by atoms with Gasteiger partial charge in [-0.15, -0.1) is 10.1 Å². The van der Waals surface area contributed by atoms with Gasteiger partial charge < -0.3 is 10.2 Å². The Kier molecular flexibility index (Phi) is 5.34. The van der Waals surface area contributed by atoms with E-state index in [0.717, 1.165) is 0 Å². The van der Waals surface area contributed by atoms with Crippen molar-refractivity contribution in [2.75, 3.05) is 11.9 Å². The van der Waals surface area contributed by atoms with Gasteiger partial charge in [-0.1, -0.05) is 11.6 Å². The average molecular weight is 369 g/mol. The zero-order valence-electron chi connectivity index (χ0n) is 11.1. The molecule has 0 fully saturated rings. The molecule has 0 saturated heterocycles. The minimum Gasteiger partial charge on any atom is -0.368 e. The van der Waals surface area contributed by atoms with E-state index in [1.807, 2.05) is 0 Å². The van der Waals surface area contributed by atoms with E-state index in [0.29, 0.717) is 23.4 Å². The molecule has 0 aromatic heterocycles. The van der Waals surface area contributed by atoms with Crippen LogP contribution in [0, 0.1) is 10.1 Å². The second kappa shape index (κ2) is 6.87. The van der Waals surface area contributed by atoms with Gasteiger partial charge in [0.25, 0.3) is 5.09 Å². The van der Waals surface area contributed by atoms with Crippen molar-refractivity contribution in [3.8, 4) is 0 Å². The maximum absolute atomic E-state index is 11.4. The number of primary sulfonamides is 1. The first kappa shape index (κ1) is 17.1. The first-order valence-electron chi connectivity index (χ1n) is 6.10. The van der Waals surface area contributed by atoms with Crippen molar-refractivity contribution in [2.45, 2.75) is 28.8 Å². The number of nitrogens with two attached hydrogens (primary N) is 1. The van der Waals surface area contributed by atoms with Crippen LogP contribution in [0.3, 0.4) is 0 Å². The predicted octanol–water partition coefficient (Wildman–Crippen LogP) is 1.32. The molecule has 1 aromatic rings. The highest BCUT2D eigenvalue weighted by molar-refractivity contribution is 7.97. The van der Waals surface area contributed by atoms with Gasteiger partial charge >= 0.3 is 0 Å². The summed E-state index contributed by atoms with van der Waals surface area (Å²) in [6.07, 6.45) is 0.906. The third-order valence-electron chi connectivity index (χ3n) is 2.82. The van der Waals surface area contributed by atoms with E-state index < -0.39 is 15.1 Å². The molecule has 2 rings (SSSR count). The summed E-state index contributed by atoms with van der Waals surface area (Å²) in [4.78, 5) is 14.8. The molecule has 0 saturated carbocycles. The quantitative estimate of drug-likeness (QED) is 0.296. The Morgan fingerprint density at radius 1 is 1.50 bits per heavy atom. The molecule has 1 heterocycles. The maximum Gasteiger partial charge on any atom is 0.294 e. The molecular weight excluding hydrogens is 356 g/mol. The Morgan fingerprint density at radius 2 is 2.23 bits per heavy atom. The van der Waals surface area contributed by atoms with Gasteiger partial charge in [-0.3, -0.25) is 0 Å². The van der Waals surface area contributed by atoms with Crippen molar-refractivity contribution < 1.29 is 18.3 Å². The number of anilines is 1. The largest absolute Gasteiger partial charge is 0.368 e. The summed E-state index contributed by atoms with van der Waals surface area (Å²) < 4.78 is 25.9. The van der Waals surface area contributed by atoms with E-state index in [4.69, 9.17) is 16.7 Å². The van der Waals surface area contributed by atoms with Crippen LogP contribution < -0.4 is 15.2 Å². The first-order valence-corrected chi connectivity index (χ1v) is 8.84. The van der Waals surface area contributed by atoms with Gasteiger partial charge in [-0.25, -0.2) is 18.3 Å². The van der Waals surface area contributed by atoms with Gasteiger partial charge in [-0.2, -0.15) is 0 Å². The summed E-state index contributed by atoms with van der Waals surface area (Å²) in [5.74, 6) is 0. The Hall–Kier alpha value is -1.27. The second-order valence-electron chi connectivity index (χ2n) is 4.44. The number of benzene rings is 1. The van der Waals surface area contributed by atoms with Gasteiger partial charge in [-0.05, 0) is 36.9 Å². The lowest BCUT2D eigenvalue weighted by Crippen LogP contribution is -2.35. The smallest absolute Gasteiger partial charge is 0.294 e. The number of hydrogen-bond acceptors (Lipinski definition) is 8. The molecule has 1 atom stereocenters. The Labute approximate surface area is 135 Å². The molecule has 9 nitrogen and oxygen atoms in total. The van der Waals surface area contributed by atoms with Crippen molar-refractivity contribution in [3.63, 3.8) is 0 Å². The predicted molar refractivity (Wildman–Crippen MR) is 81.4 cm³/mol. The molecular formula is C10H13ClN4O5S2. The van der Waals surface area contributed by atoms with Crippen LogP contribution in [0.4, 0.5) is 5.69 Å². The van der Waals surface area contributed by atoms with Gasteiger partial charge in [0.05, 0.1) is 23.5 Å². The monoisotopic (exact) mass is 368 g/mol. The standard InChI is InChI=1S/C10H13ClN4O5S2/c11-6-4-7-8(5-9(6)22(12,18)19)21-14-10(13-7)2-1-3-20-15(16)17/h4-5,10,13-14H,1-3H2,(H2,12,18,19). The molecule has 1 unspecified atom stereocenters. The van der Waals surface area contributed by atoms with Crippen molar-refractivity contribution in [1.82, 2.24) is 4.72 Å². The third-order valence-corrected chi connectivity index (χ3v) is 5.15.